The van der Waals surface area contributed by atoms with E-state index in [4.69, 9.17) is 32.8 Å². The van der Waals surface area contributed by atoms with Gasteiger partial charge in [0, 0.05) is 32.3 Å². The van der Waals surface area contributed by atoms with E-state index in [1.165, 1.54) is 31.8 Å². The van der Waals surface area contributed by atoms with Crippen molar-refractivity contribution in [3.63, 3.8) is 0 Å². The van der Waals surface area contributed by atoms with Gasteiger partial charge in [-0.15, -0.1) is 5.92 Å². The fraction of sp³-hybridized carbons (Fsp3) is 0.736. The highest BCUT2D eigenvalue weighted by atomic mass is 28.4. The van der Waals surface area contributed by atoms with Crippen molar-refractivity contribution >= 4 is 32.1 Å². The lowest BCUT2D eigenvalue weighted by molar-refractivity contribution is -0.185. The van der Waals surface area contributed by atoms with Crippen LogP contribution in [-0.2, 0) is 53.7 Å². The predicted octanol–water partition coefficient (Wildman–Crippen LogP) is 10.1. The standard InChI is InChI=1S/C53H87NO12Si/c1-14-16-18-22-25-32-52(62-37-38-63-52)33-26-23-20-19-21-24-27-43(53(59,48(58)66-50(6,7)8)34-36-64-67(12,13)51(9,10)11)46(56)54-44(47(57)61-40-45(55)65-49(3,4)5)39-41-28-30-42(31-29-41)60-35-17-15-2/h24,27-31,43-44,59H,14,16,18-23,25-26,32-40H2,1-13H3,(H,54,56)/b27-24+/t43-,44+,53+/m1/s1. The Labute approximate surface area is 404 Å². The molecule has 0 aromatic heterocycles. The molecule has 0 aliphatic carbocycles. The molecule has 1 aromatic rings. The number of aliphatic hydroxyl groups is 1. The minimum atomic E-state index is -2.41. The van der Waals surface area contributed by atoms with Gasteiger partial charge in [-0.1, -0.05) is 96.4 Å². The highest BCUT2D eigenvalue weighted by Gasteiger charge is 2.50. The number of amides is 1. The predicted molar refractivity (Wildman–Crippen MR) is 265 cm³/mol. The molecule has 1 amide bonds. The number of unbranched alkanes of at least 4 members (excludes halogenated alkanes) is 8. The third-order valence-corrected chi connectivity index (χ3v) is 16.5. The molecule has 2 N–H and O–H groups in total. The van der Waals surface area contributed by atoms with Gasteiger partial charge in [-0.05, 0) is 110 Å². The highest BCUT2D eigenvalue weighted by Crippen LogP contribution is 2.38. The molecule has 67 heavy (non-hydrogen) atoms. The Morgan fingerprint density at radius 2 is 1.43 bits per heavy atom. The second-order valence-corrected chi connectivity index (χ2v) is 26.0. The molecule has 13 nitrogen and oxygen atoms in total. The lowest BCUT2D eigenvalue weighted by atomic mass is 9.82. The maximum absolute atomic E-state index is 14.8. The molecule has 1 fully saturated rings. The van der Waals surface area contributed by atoms with Crippen LogP contribution >= 0.6 is 0 Å². The van der Waals surface area contributed by atoms with Crippen molar-refractivity contribution in [2.24, 2.45) is 5.92 Å². The van der Waals surface area contributed by atoms with E-state index in [1.54, 1.807) is 78.8 Å². The van der Waals surface area contributed by atoms with Crippen LogP contribution in [0.3, 0.4) is 0 Å². The molecule has 0 unspecified atom stereocenters. The summed E-state index contributed by atoms with van der Waals surface area (Å²) in [7, 11) is -2.37. The van der Waals surface area contributed by atoms with Crippen molar-refractivity contribution in [3.8, 4) is 17.6 Å². The van der Waals surface area contributed by atoms with Crippen molar-refractivity contribution < 1.29 is 57.1 Å². The fourth-order valence-corrected chi connectivity index (χ4v) is 8.29. The van der Waals surface area contributed by atoms with Crippen molar-refractivity contribution in [3.05, 3.63) is 42.0 Å². The Morgan fingerprint density at radius 3 is 1.99 bits per heavy atom. The Kier molecular flexibility index (Phi) is 24.9. The zero-order valence-electron chi connectivity index (χ0n) is 43.5. The first-order valence-electron chi connectivity index (χ1n) is 24.6. The summed E-state index contributed by atoms with van der Waals surface area (Å²) in [6, 6.07) is 5.57. The lowest BCUT2D eigenvalue weighted by Crippen LogP contribution is -2.57. The first kappa shape index (κ1) is 59.4. The molecule has 1 aromatic carbocycles. The largest absolute Gasteiger partial charge is 0.481 e. The van der Waals surface area contributed by atoms with Crippen LogP contribution in [0, 0.1) is 17.8 Å². The molecular weight excluding hydrogens is 871 g/mol. The Morgan fingerprint density at radius 1 is 0.851 bits per heavy atom. The van der Waals surface area contributed by atoms with E-state index in [1.807, 2.05) is 0 Å². The van der Waals surface area contributed by atoms with Crippen LogP contribution in [0.2, 0.25) is 18.1 Å². The van der Waals surface area contributed by atoms with E-state index >= 15 is 0 Å². The normalized spacial score (nSPS) is 16.0. The number of nitrogens with one attached hydrogen (secondary N) is 1. The average molecular weight is 958 g/mol. The Balaban J connectivity index is 2.45. The van der Waals surface area contributed by atoms with Gasteiger partial charge in [0.1, 0.15) is 29.6 Å². The van der Waals surface area contributed by atoms with Gasteiger partial charge in [0.2, 0.25) is 5.91 Å². The number of carbonyl (C=O) groups is 4. The third kappa shape index (κ3) is 22.5. The molecule has 380 valence electrons. The number of esters is 3. The monoisotopic (exact) mass is 958 g/mol. The number of allylic oxidation sites excluding steroid dienone is 1. The second kappa shape index (κ2) is 28.1. The molecule has 0 radical (unpaired) electrons. The van der Waals surface area contributed by atoms with Gasteiger partial charge in [0.25, 0.3) is 0 Å². The summed E-state index contributed by atoms with van der Waals surface area (Å²) >= 11 is 0. The van der Waals surface area contributed by atoms with Crippen LogP contribution in [0.15, 0.2) is 36.4 Å². The zero-order chi connectivity index (χ0) is 50.4. The van der Waals surface area contributed by atoms with Gasteiger partial charge in [-0.3, -0.25) is 4.79 Å². The number of benzene rings is 1. The molecule has 0 saturated carbocycles. The molecule has 3 atom stereocenters. The van der Waals surface area contributed by atoms with Gasteiger partial charge < -0.3 is 43.3 Å². The first-order valence-corrected chi connectivity index (χ1v) is 27.5. The molecule has 1 aliphatic heterocycles. The molecule has 2 rings (SSSR count). The van der Waals surface area contributed by atoms with E-state index < -0.39 is 73.3 Å². The Hall–Kier alpha value is -3.74. The zero-order valence-corrected chi connectivity index (χ0v) is 44.5. The van der Waals surface area contributed by atoms with Crippen molar-refractivity contribution in [2.75, 3.05) is 33.0 Å². The van der Waals surface area contributed by atoms with Crippen LogP contribution in [0.4, 0.5) is 0 Å². The number of ether oxygens (including phenoxy) is 6. The molecular formula is C53H87NO12Si. The van der Waals surface area contributed by atoms with E-state index in [0.29, 0.717) is 30.9 Å². The SMILES string of the molecule is CC#CCOc1ccc(C[C@H](NC(=O)[C@@H](/C=C/CCCCCCC2(CCCCCCC)OCCO2)[C@@](O)(CCO[Si](C)(C)C(C)(C)C)C(=O)OC(C)(C)C)C(=O)OCC(=O)OC(C)(C)C)cc1. The smallest absolute Gasteiger partial charge is 0.344 e. The Bertz CT molecular complexity index is 1760. The van der Waals surface area contributed by atoms with Crippen molar-refractivity contribution in [2.45, 2.75) is 213 Å². The van der Waals surface area contributed by atoms with E-state index in [0.717, 1.165) is 44.9 Å². The number of carbonyl (C=O) groups excluding carboxylic acids is 4. The van der Waals surface area contributed by atoms with Gasteiger partial charge in [-0.25, -0.2) is 14.4 Å². The summed E-state index contributed by atoms with van der Waals surface area (Å²) in [5.74, 6) is 0.694. The summed E-state index contributed by atoms with van der Waals surface area (Å²) in [4.78, 5) is 55.5. The summed E-state index contributed by atoms with van der Waals surface area (Å²) in [5, 5.41) is 15.3. The maximum Gasteiger partial charge on any atom is 0.344 e. The summed E-state index contributed by atoms with van der Waals surface area (Å²) in [5.41, 5.74) is -3.60. The molecule has 1 aliphatic rings. The van der Waals surface area contributed by atoms with E-state index in [2.05, 4.69) is 57.9 Å². The number of rotatable bonds is 29. The minimum absolute atomic E-state index is 0.0306. The second-order valence-electron chi connectivity index (χ2n) is 21.2. The third-order valence-electron chi connectivity index (χ3n) is 12.0. The number of hydrogen-bond acceptors (Lipinski definition) is 12. The van der Waals surface area contributed by atoms with Crippen molar-refractivity contribution in [1.29, 1.82) is 0 Å². The lowest BCUT2D eigenvalue weighted by Gasteiger charge is -2.38. The topological polar surface area (TPSA) is 165 Å². The van der Waals surface area contributed by atoms with Gasteiger partial charge in [0.05, 0.1) is 19.1 Å². The highest BCUT2D eigenvalue weighted by molar-refractivity contribution is 6.74. The van der Waals surface area contributed by atoms with Gasteiger partial charge in [0.15, 0.2) is 26.3 Å². The van der Waals surface area contributed by atoms with Crippen LogP contribution in [0.1, 0.15) is 165 Å². The fourth-order valence-electron chi connectivity index (χ4n) is 7.25. The van der Waals surface area contributed by atoms with Crippen LogP contribution in [-0.4, -0.2) is 98.9 Å². The quantitative estimate of drug-likeness (QED) is 0.0195. The van der Waals surface area contributed by atoms with Crippen LogP contribution < -0.4 is 10.1 Å². The average Bonchev–Trinajstić information content (AvgIpc) is 3.69. The molecule has 0 spiro atoms. The minimum Gasteiger partial charge on any atom is -0.481 e. The molecule has 14 heteroatoms. The summed E-state index contributed by atoms with van der Waals surface area (Å²) < 4.78 is 41.0. The maximum atomic E-state index is 14.8. The molecule has 0 bridgehead atoms. The van der Waals surface area contributed by atoms with Gasteiger partial charge in [-0.2, -0.15) is 0 Å². The summed E-state index contributed by atoms with van der Waals surface area (Å²) in [6.07, 6.45) is 14.9. The number of hydrogen-bond donors (Lipinski definition) is 2. The van der Waals surface area contributed by atoms with Gasteiger partial charge >= 0.3 is 17.9 Å². The van der Waals surface area contributed by atoms with Crippen molar-refractivity contribution in [1.82, 2.24) is 5.32 Å². The van der Waals surface area contributed by atoms with E-state index in [9.17, 15) is 24.3 Å². The van der Waals surface area contributed by atoms with Crippen LogP contribution in [0.5, 0.6) is 5.75 Å². The first-order chi connectivity index (χ1) is 31.3. The van der Waals surface area contributed by atoms with Crippen LogP contribution in [0.25, 0.3) is 0 Å². The van der Waals surface area contributed by atoms with E-state index in [-0.39, 0.29) is 31.1 Å². The molecule has 1 saturated heterocycles. The summed E-state index contributed by atoms with van der Waals surface area (Å²) in [6.45, 7) is 25.2. The molecule has 1 heterocycles.